The number of halogens is 3. The summed E-state index contributed by atoms with van der Waals surface area (Å²) in [5.41, 5.74) is -1.37. The second-order valence-corrected chi connectivity index (χ2v) is 3.86. The van der Waals surface area contributed by atoms with E-state index in [-0.39, 0.29) is 29.6 Å². The molecule has 1 aromatic rings. The van der Waals surface area contributed by atoms with Crippen molar-refractivity contribution < 1.29 is 26.1 Å². The van der Waals surface area contributed by atoms with Crippen LogP contribution in [-0.2, 0) is 16.3 Å². The molecule has 0 aliphatic rings. The van der Waals surface area contributed by atoms with Gasteiger partial charge in [0.25, 0.3) is 10.1 Å². The predicted molar refractivity (Wildman–Crippen MR) is 48.4 cm³/mol. The Morgan fingerprint density at radius 3 is 1.93 bits per heavy atom. The molecule has 0 fully saturated rings. The molecule has 80 valence electrons. The standard InChI is InChI=1S/C7H5F3O3S.Na.H/c8-7(9,10)5-3-1-2-4-6(5)14(11,12)13;;/h1-4H,(H,11,12,13);;. The average molecular weight is 250 g/mol. The predicted octanol–water partition coefficient (Wildman–Crippen LogP) is 1.30. The van der Waals surface area contributed by atoms with Crippen LogP contribution in [0.3, 0.4) is 0 Å². The van der Waals surface area contributed by atoms with E-state index in [1.807, 2.05) is 0 Å². The molecule has 0 amide bonds. The fourth-order valence-corrected chi connectivity index (χ4v) is 1.64. The van der Waals surface area contributed by atoms with Crippen LogP contribution < -0.4 is 0 Å². The van der Waals surface area contributed by atoms with E-state index in [0.29, 0.717) is 12.1 Å². The van der Waals surface area contributed by atoms with Crippen LogP contribution in [0.2, 0.25) is 0 Å². The summed E-state index contributed by atoms with van der Waals surface area (Å²) in [7, 11) is -4.84. The third-order valence-electron chi connectivity index (χ3n) is 1.47. The van der Waals surface area contributed by atoms with Gasteiger partial charge < -0.3 is 0 Å². The molecule has 1 rings (SSSR count). The Kier molecular flexibility index (Phi) is 4.81. The summed E-state index contributed by atoms with van der Waals surface area (Å²) in [4.78, 5) is -1.13. The molecule has 0 aliphatic heterocycles. The zero-order chi connectivity index (χ0) is 11.0. The van der Waals surface area contributed by atoms with E-state index in [0.717, 1.165) is 12.1 Å². The first-order valence-electron chi connectivity index (χ1n) is 3.36. The number of hydrogen-bond acceptors (Lipinski definition) is 2. The number of hydrogen-bond donors (Lipinski definition) is 1. The van der Waals surface area contributed by atoms with E-state index >= 15 is 0 Å². The number of alkyl halides is 3. The molecule has 8 heteroatoms. The van der Waals surface area contributed by atoms with Crippen molar-refractivity contribution in [1.82, 2.24) is 0 Å². The maximum atomic E-state index is 12.2. The summed E-state index contributed by atoms with van der Waals surface area (Å²) in [5.74, 6) is 0. The zero-order valence-corrected chi connectivity index (χ0v) is 7.43. The van der Waals surface area contributed by atoms with Crippen LogP contribution >= 0.6 is 0 Å². The van der Waals surface area contributed by atoms with Crippen molar-refractivity contribution in [3.8, 4) is 0 Å². The fourth-order valence-electron chi connectivity index (χ4n) is 0.926. The van der Waals surface area contributed by atoms with E-state index in [1.54, 1.807) is 0 Å². The van der Waals surface area contributed by atoms with Gasteiger partial charge in [-0.05, 0) is 12.1 Å². The van der Waals surface area contributed by atoms with Crippen LogP contribution in [0, 0.1) is 0 Å². The monoisotopic (exact) mass is 250 g/mol. The summed E-state index contributed by atoms with van der Waals surface area (Å²) in [6, 6.07) is 3.41. The number of benzene rings is 1. The van der Waals surface area contributed by atoms with Gasteiger partial charge in [-0.3, -0.25) is 4.55 Å². The van der Waals surface area contributed by atoms with Gasteiger partial charge in [0.15, 0.2) is 0 Å². The van der Waals surface area contributed by atoms with Gasteiger partial charge in [0, 0.05) is 0 Å². The molecule has 0 unspecified atom stereocenters. The van der Waals surface area contributed by atoms with Crippen molar-refractivity contribution in [2.24, 2.45) is 0 Å². The first-order chi connectivity index (χ1) is 6.23. The summed E-state index contributed by atoms with van der Waals surface area (Å²) < 4.78 is 66.2. The van der Waals surface area contributed by atoms with Crippen LogP contribution in [0.15, 0.2) is 29.2 Å². The van der Waals surface area contributed by atoms with Crippen molar-refractivity contribution in [3.05, 3.63) is 29.8 Å². The molecule has 0 aromatic heterocycles. The van der Waals surface area contributed by atoms with Gasteiger partial charge in [0.2, 0.25) is 0 Å². The van der Waals surface area contributed by atoms with Gasteiger partial charge in [0.1, 0.15) is 4.90 Å². The summed E-state index contributed by atoms with van der Waals surface area (Å²) >= 11 is 0. The minimum absolute atomic E-state index is 0. The van der Waals surface area contributed by atoms with Crippen LogP contribution in [0.1, 0.15) is 5.56 Å². The molecule has 3 nitrogen and oxygen atoms in total. The van der Waals surface area contributed by atoms with Crippen LogP contribution in [0.5, 0.6) is 0 Å². The Bertz CT molecular complexity index is 441. The van der Waals surface area contributed by atoms with Gasteiger partial charge in [-0.1, -0.05) is 12.1 Å². The summed E-state index contributed by atoms with van der Waals surface area (Å²) in [6.45, 7) is 0. The molecule has 0 spiro atoms. The topological polar surface area (TPSA) is 54.4 Å². The Morgan fingerprint density at radius 1 is 1.13 bits per heavy atom. The third kappa shape index (κ3) is 3.76. The SMILES string of the molecule is O=S(=O)(O)c1ccccc1C(F)(F)F.[NaH]. The fraction of sp³-hybridized carbons (Fsp3) is 0.143. The Balaban J connectivity index is 0.00000196. The van der Waals surface area contributed by atoms with Crippen LogP contribution in [0.4, 0.5) is 13.2 Å². The van der Waals surface area contributed by atoms with Crippen molar-refractivity contribution in [2.45, 2.75) is 11.1 Å². The van der Waals surface area contributed by atoms with Gasteiger partial charge >= 0.3 is 35.7 Å². The molecule has 15 heavy (non-hydrogen) atoms. The molecule has 0 atom stereocenters. The molecule has 1 N–H and O–H groups in total. The van der Waals surface area contributed by atoms with Crippen molar-refractivity contribution in [2.75, 3.05) is 0 Å². The van der Waals surface area contributed by atoms with Crippen molar-refractivity contribution in [3.63, 3.8) is 0 Å². The third-order valence-corrected chi connectivity index (χ3v) is 2.38. The Morgan fingerprint density at radius 2 is 1.60 bits per heavy atom. The quantitative estimate of drug-likeness (QED) is 0.603. The minimum atomic E-state index is -4.84. The molecule has 0 bridgehead atoms. The maximum absolute atomic E-state index is 12.2. The Labute approximate surface area is 106 Å². The van der Waals surface area contributed by atoms with Gasteiger partial charge in [-0.15, -0.1) is 0 Å². The van der Waals surface area contributed by atoms with Crippen molar-refractivity contribution >= 4 is 39.7 Å². The summed E-state index contributed by atoms with van der Waals surface area (Å²) in [5, 5.41) is 0. The average Bonchev–Trinajstić information content (AvgIpc) is 2.01. The van der Waals surface area contributed by atoms with E-state index < -0.39 is 26.8 Å². The molecule has 0 saturated carbocycles. The van der Waals surface area contributed by atoms with Crippen LogP contribution in [-0.4, -0.2) is 42.5 Å². The second kappa shape index (κ2) is 4.84. The first-order valence-corrected chi connectivity index (χ1v) is 4.80. The first kappa shape index (κ1) is 14.9. The van der Waals surface area contributed by atoms with E-state index in [4.69, 9.17) is 4.55 Å². The van der Waals surface area contributed by atoms with Crippen molar-refractivity contribution in [1.29, 1.82) is 0 Å². The Hall–Kier alpha value is -0.0800. The molecular formula is C7H6F3NaO3S. The van der Waals surface area contributed by atoms with Crippen LogP contribution in [0.25, 0.3) is 0 Å². The second-order valence-electron chi connectivity index (χ2n) is 2.47. The molecule has 0 saturated heterocycles. The van der Waals surface area contributed by atoms with E-state index in [9.17, 15) is 21.6 Å². The van der Waals surface area contributed by atoms with E-state index in [2.05, 4.69) is 0 Å². The van der Waals surface area contributed by atoms with E-state index in [1.165, 1.54) is 0 Å². The number of rotatable bonds is 1. The van der Waals surface area contributed by atoms with Gasteiger partial charge in [-0.2, -0.15) is 21.6 Å². The molecule has 0 aliphatic carbocycles. The summed E-state index contributed by atoms with van der Waals surface area (Å²) in [6.07, 6.45) is -4.80. The molecule has 1 aromatic carbocycles. The zero-order valence-electron chi connectivity index (χ0n) is 6.62. The normalized spacial score (nSPS) is 12.0. The van der Waals surface area contributed by atoms with Gasteiger partial charge in [0.05, 0.1) is 5.56 Å². The van der Waals surface area contributed by atoms with Gasteiger partial charge in [-0.25, -0.2) is 0 Å². The molecule has 0 radical (unpaired) electrons. The molecule has 0 heterocycles. The molecular weight excluding hydrogens is 244 g/mol.